The Morgan fingerprint density at radius 3 is 2.58 bits per heavy atom. The van der Waals surface area contributed by atoms with E-state index in [4.69, 9.17) is 4.74 Å². The molecule has 130 valence electrons. The summed E-state index contributed by atoms with van der Waals surface area (Å²) in [6.45, 7) is 6.96. The molecule has 0 radical (unpaired) electrons. The van der Waals surface area contributed by atoms with Crippen molar-refractivity contribution in [2.75, 3.05) is 0 Å². The van der Waals surface area contributed by atoms with Crippen molar-refractivity contribution in [3.05, 3.63) is 35.9 Å². The quantitative estimate of drug-likeness (QED) is 0.604. The van der Waals surface area contributed by atoms with E-state index in [1.165, 1.54) is 6.42 Å². The van der Waals surface area contributed by atoms with Crippen LogP contribution in [0.15, 0.2) is 30.3 Å². The Balaban J connectivity index is 1.79. The van der Waals surface area contributed by atoms with Gasteiger partial charge in [-0.05, 0) is 41.6 Å². The number of rotatable bonds is 3. The van der Waals surface area contributed by atoms with Crippen molar-refractivity contribution in [1.82, 2.24) is 0 Å². The number of fused-ring (bicyclic) bond motifs is 1. The number of hydrogen-bond donors (Lipinski definition) is 0. The molecule has 3 rings (SSSR count). The van der Waals surface area contributed by atoms with Gasteiger partial charge >= 0.3 is 5.97 Å². The van der Waals surface area contributed by atoms with Crippen LogP contribution < -0.4 is 0 Å². The number of carbonyl (C=O) groups excluding carboxylic acids is 2. The first kappa shape index (κ1) is 17.2. The number of ketones is 1. The predicted octanol–water partition coefficient (Wildman–Crippen LogP) is 4.54. The highest BCUT2D eigenvalue weighted by atomic mass is 16.5. The highest BCUT2D eigenvalue weighted by molar-refractivity contribution is 6.00. The van der Waals surface area contributed by atoms with Gasteiger partial charge in [0.2, 0.25) is 0 Å². The molecule has 3 heteroatoms. The molecule has 24 heavy (non-hydrogen) atoms. The average Bonchev–Trinajstić information content (AvgIpc) is 2.52. The summed E-state index contributed by atoms with van der Waals surface area (Å²) in [4.78, 5) is 25.4. The Morgan fingerprint density at radius 2 is 1.88 bits per heavy atom. The van der Waals surface area contributed by atoms with Gasteiger partial charge in [-0.25, -0.2) is 0 Å². The van der Waals surface area contributed by atoms with Gasteiger partial charge in [0.05, 0.1) is 0 Å². The molecule has 0 aliphatic heterocycles. The Kier molecular flexibility index (Phi) is 4.54. The number of Topliss-reactive ketones (excluding diaryl/α,β-unsaturated/α-hetero) is 1. The molecule has 3 nitrogen and oxygen atoms in total. The van der Waals surface area contributed by atoms with Gasteiger partial charge in [-0.2, -0.15) is 0 Å². The van der Waals surface area contributed by atoms with E-state index in [2.05, 4.69) is 20.8 Å². The summed E-state index contributed by atoms with van der Waals surface area (Å²) in [5.74, 6) is -0.441. The summed E-state index contributed by atoms with van der Waals surface area (Å²) in [7, 11) is 0. The van der Waals surface area contributed by atoms with Crippen LogP contribution in [0.2, 0.25) is 0 Å². The van der Waals surface area contributed by atoms with E-state index in [0.29, 0.717) is 12.3 Å². The van der Waals surface area contributed by atoms with E-state index in [9.17, 15) is 9.59 Å². The fraction of sp³-hybridized carbons (Fsp3) is 0.619. The lowest BCUT2D eigenvalue weighted by atomic mass is 9.48. The van der Waals surface area contributed by atoms with Crippen molar-refractivity contribution in [2.24, 2.45) is 22.7 Å². The summed E-state index contributed by atoms with van der Waals surface area (Å²) < 4.78 is 5.56. The largest absolute Gasteiger partial charge is 0.460 e. The van der Waals surface area contributed by atoms with Crippen molar-refractivity contribution in [3.8, 4) is 0 Å². The summed E-state index contributed by atoms with van der Waals surface area (Å²) >= 11 is 0. The standard InChI is InChI=1S/C21H28O3/c1-20(2)12-7-13-21(3)17(20)11-10-16(22)18(21)19(23)24-14-15-8-5-4-6-9-15/h4-6,8-9,17-18H,7,10-14H2,1-3H3/t17-,18+,21-/m0/s1. The number of ether oxygens (including phenoxy) is 1. The van der Waals surface area contributed by atoms with Crippen LogP contribution in [-0.4, -0.2) is 11.8 Å². The van der Waals surface area contributed by atoms with E-state index in [-0.39, 0.29) is 29.2 Å². The zero-order valence-electron chi connectivity index (χ0n) is 15.0. The molecular weight excluding hydrogens is 300 g/mol. The minimum absolute atomic E-state index is 0.0736. The normalized spacial score (nSPS) is 32.0. The van der Waals surface area contributed by atoms with Gasteiger partial charge in [0, 0.05) is 6.42 Å². The molecule has 1 aromatic rings. The molecule has 0 spiro atoms. The Bertz CT molecular complexity index is 619. The molecule has 0 unspecified atom stereocenters. The van der Waals surface area contributed by atoms with Crippen molar-refractivity contribution in [2.45, 2.75) is 59.5 Å². The van der Waals surface area contributed by atoms with Crippen molar-refractivity contribution < 1.29 is 14.3 Å². The second kappa shape index (κ2) is 6.34. The van der Waals surface area contributed by atoms with E-state index in [1.807, 2.05) is 30.3 Å². The lowest BCUT2D eigenvalue weighted by molar-refractivity contribution is -0.170. The third-order valence-corrected chi connectivity index (χ3v) is 6.40. The van der Waals surface area contributed by atoms with Crippen LogP contribution in [0.4, 0.5) is 0 Å². The number of hydrogen-bond acceptors (Lipinski definition) is 3. The molecule has 3 atom stereocenters. The molecule has 0 aromatic heterocycles. The molecule has 0 heterocycles. The topological polar surface area (TPSA) is 43.4 Å². The number of esters is 1. The van der Waals surface area contributed by atoms with Gasteiger partial charge < -0.3 is 4.74 Å². The van der Waals surface area contributed by atoms with E-state index < -0.39 is 5.92 Å². The maximum atomic E-state index is 12.8. The van der Waals surface area contributed by atoms with Crippen LogP contribution in [-0.2, 0) is 20.9 Å². The smallest absolute Gasteiger partial charge is 0.317 e. The molecular formula is C21H28O3. The molecule has 2 aliphatic rings. The van der Waals surface area contributed by atoms with Crippen LogP contribution in [0, 0.1) is 22.7 Å². The summed E-state index contributed by atoms with van der Waals surface area (Å²) in [6, 6.07) is 9.66. The minimum Gasteiger partial charge on any atom is -0.460 e. The molecule has 2 fully saturated rings. The second-order valence-electron chi connectivity index (χ2n) is 8.43. The fourth-order valence-electron chi connectivity index (χ4n) is 5.24. The van der Waals surface area contributed by atoms with Crippen LogP contribution in [0.5, 0.6) is 0 Å². The number of carbonyl (C=O) groups is 2. The van der Waals surface area contributed by atoms with Crippen LogP contribution in [0.25, 0.3) is 0 Å². The summed E-state index contributed by atoms with van der Waals surface area (Å²) in [5, 5.41) is 0. The summed E-state index contributed by atoms with van der Waals surface area (Å²) in [6.07, 6.45) is 4.61. The van der Waals surface area contributed by atoms with Crippen LogP contribution in [0.3, 0.4) is 0 Å². The maximum Gasteiger partial charge on any atom is 0.317 e. The summed E-state index contributed by atoms with van der Waals surface area (Å²) in [5.41, 5.74) is 0.885. The fourth-order valence-corrected chi connectivity index (χ4v) is 5.24. The molecule has 0 amide bonds. The van der Waals surface area contributed by atoms with Crippen molar-refractivity contribution in [3.63, 3.8) is 0 Å². The predicted molar refractivity (Wildman–Crippen MR) is 93.2 cm³/mol. The first-order chi connectivity index (χ1) is 11.3. The van der Waals surface area contributed by atoms with Crippen LogP contribution >= 0.6 is 0 Å². The number of benzene rings is 1. The molecule has 2 aliphatic carbocycles. The zero-order chi connectivity index (χ0) is 17.4. The van der Waals surface area contributed by atoms with E-state index >= 15 is 0 Å². The van der Waals surface area contributed by atoms with Crippen molar-refractivity contribution in [1.29, 1.82) is 0 Å². The molecule has 0 N–H and O–H groups in total. The van der Waals surface area contributed by atoms with Gasteiger partial charge in [0.15, 0.2) is 0 Å². The SMILES string of the molecule is CC1(C)CCC[C@]2(C)[C@@H](C(=O)OCc3ccccc3)C(=O)CC[C@@H]12. The van der Waals surface area contributed by atoms with Gasteiger partial charge in [0.1, 0.15) is 18.3 Å². The molecule has 2 saturated carbocycles. The lowest BCUT2D eigenvalue weighted by Gasteiger charge is -2.55. The van der Waals surface area contributed by atoms with Gasteiger partial charge in [-0.3, -0.25) is 9.59 Å². The van der Waals surface area contributed by atoms with Gasteiger partial charge in [-0.15, -0.1) is 0 Å². The zero-order valence-corrected chi connectivity index (χ0v) is 15.0. The molecule has 0 bridgehead atoms. The lowest BCUT2D eigenvalue weighted by Crippen LogP contribution is -2.54. The average molecular weight is 328 g/mol. The highest BCUT2D eigenvalue weighted by Crippen LogP contribution is 2.59. The van der Waals surface area contributed by atoms with Crippen molar-refractivity contribution >= 4 is 11.8 Å². The monoisotopic (exact) mass is 328 g/mol. The second-order valence-corrected chi connectivity index (χ2v) is 8.43. The minimum atomic E-state index is -0.598. The molecule has 0 saturated heterocycles. The van der Waals surface area contributed by atoms with Gasteiger partial charge in [0.25, 0.3) is 0 Å². The first-order valence-corrected chi connectivity index (χ1v) is 9.08. The third kappa shape index (κ3) is 3.01. The van der Waals surface area contributed by atoms with E-state index in [1.54, 1.807) is 0 Å². The Morgan fingerprint density at radius 1 is 1.17 bits per heavy atom. The molecule has 1 aromatic carbocycles. The van der Waals surface area contributed by atoms with Crippen LogP contribution in [0.1, 0.15) is 58.4 Å². The highest BCUT2D eigenvalue weighted by Gasteiger charge is 2.57. The van der Waals surface area contributed by atoms with Gasteiger partial charge in [-0.1, -0.05) is 57.5 Å². The third-order valence-electron chi connectivity index (χ3n) is 6.40. The van der Waals surface area contributed by atoms with E-state index in [0.717, 1.165) is 24.8 Å². The Hall–Kier alpha value is -1.64. The maximum absolute atomic E-state index is 12.8. The first-order valence-electron chi connectivity index (χ1n) is 9.08. The Labute approximate surface area is 144 Å².